The molecule has 2 N–H and O–H groups in total. The summed E-state index contributed by atoms with van der Waals surface area (Å²) >= 11 is 10.1. The summed E-state index contributed by atoms with van der Waals surface area (Å²) in [6.45, 7) is 0. The van der Waals surface area contributed by atoms with Crippen LogP contribution in [0, 0.1) is 0 Å². The fourth-order valence-electron chi connectivity index (χ4n) is 1.75. The van der Waals surface area contributed by atoms with Gasteiger partial charge in [0.15, 0.2) is 0 Å². The van der Waals surface area contributed by atoms with Crippen LogP contribution in [-0.2, 0) is 9.59 Å². The lowest BCUT2D eigenvalue weighted by molar-refractivity contribution is -0.131. The number of carbonyl (C=O) groups excluding carboxylic acids is 1. The number of anilines is 1. The Kier molecular flexibility index (Phi) is 6.90. The zero-order chi connectivity index (χ0) is 17.5. The first-order valence-corrected chi connectivity index (χ1v) is 8.98. The van der Waals surface area contributed by atoms with E-state index in [1.165, 1.54) is 6.08 Å². The molecule has 0 spiro atoms. The fourth-order valence-corrected chi connectivity index (χ4v) is 2.84. The number of carbonyl (C=O) groups is 2. The largest absolute Gasteiger partial charge is 0.477 e. The fraction of sp³-hybridized carbons (Fsp3) is 0.0588. The molecule has 0 aliphatic heterocycles. The van der Waals surface area contributed by atoms with E-state index in [4.69, 9.17) is 11.6 Å². The minimum atomic E-state index is -1.07. The zero-order valence-corrected chi connectivity index (χ0v) is 15.5. The average molecular weight is 427 g/mol. The van der Waals surface area contributed by atoms with Crippen molar-refractivity contribution in [1.29, 1.82) is 0 Å². The third-order valence-electron chi connectivity index (χ3n) is 2.87. The zero-order valence-electron chi connectivity index (χ0n) is 12.3. The first-order chi connectivity index (χ1) is 11.4. The predicted molar refractivity (Wildman–Crippen MR) is 102 cm³/mol. The molecule has 0 heterocycles. The van der Waals surface area contributed by atoms with Crippen LogP contribution >= 0.6 is 39.3 Å². The maximum atomic E-state index is 11.9. The van der Waals surface area contributed by atoms with Gasteiger partial charge in [-0.3, -0.25) is 4.79 Å². The Morgan fingerprint density at radius 3 is 2.33 bits per heavy atom. The number of rotatable bonds is 6. The van der Waals surface area contributed by atoms with E-state index in [1.807, 2.05) is 12.1 Å². The van der Waals surface area contributed by atoms with E-state index in [0.717, 1.165) is 21.8 Å². The highest BCUT2D eigenvalue weighted by Crippen LogP contribution is 2.21. The summed E-state index contributed by atoms with van der Waals surface area (Å²) in [4.78, 5) is 23.4. The molecule has 0 atom stereocenters. The molecular formula is C17H13BrClNO3S. The highest BCUT2D eigenvalue weighted by molar-refractivity contribution is 9.10. The molecular weight excluding hydrogens is 414 g/mol. The number of benzene rings is 2. The standard InChI is InChI=1S/C17H13BrClNO3S/c18-12-3-1-11(2-4-12)9-15(17(22)23)24-10-16(21)20-14-7-5-13(19)6-8-14/h1-9H,10H2,(H,20,21)(H,22,23). The molecule has 4 nitrogen and oxygen atoms in total. The topological polar surface area (TPSA) is 66.4 Å². The van der Waals surface area contributed by atoms with Crippen LogP contribution in [0.25, 0.3) is 6.08 Å². The molecule has 7 heteroatoms. The lowest BCUT2D eigenvalue weighted by Gasteiger charge is -2.06. The van der Waals surface area contributed by atoms with E-state index >= 15 is 0 Å². The average Bonchev–Trinajstić information content (AvgIpc) is 2.55. The molecule has 0 saturated carbocycles. The van der Waals surface area contributed by atoms with Gasteiger partial charge in [0.05, 0.1) is 10.7 Å². The lowest BCUT2D eigenvalue weighted by Crippen LogP contribution is -2.14. The van der Waals surface area contributed by atoms with Crippen LogP contribution in [0.5, 0.6) is 0 Å². The van der Waals surface area contributed by atoms with Crippen LogP contribution in [0.15, 0.2) is 57.9 Å². The van der Waals surface area contributed by atoms with Crippen molar-refractivity contribution in [3.63, 3.8) is 0 Å². The van der Waals surface area contributed by atoms with Gasteiger partial charge in [-0.25, -0.2) is 4.79 Å². The van der Waals surface area contributed by atoms with Crippen LogP contribution < -0.4 is 5.32 Å². The second kappa shape index (κ2) is 8.92. The number of hydrogen-bond donors (Lipinski definition) is 2. The number of carboxylic acids is 1. The Bertz CT molecular complexity index is 760. The minimum Gasteiger partial charge on any atom is -0.477 e. The quantitative estimate of drug-likeness (QED) is 0.645. The van der Waals surface area contributed by atoms with Crippen molar-refractivity contribution in [1.82, 2.24) is 0 Å². The number of nitrogens with one attached hydrogen (secondary N) is 1. The van der Waals surface area contributed by atoms with Crippen LogP contribution in [0.3, 0.4) is 0 Å². The van der Waals surface area contributed by atoms with Crippen molar-refractivity contribution in [2.45, 2.75) is 0 Å². The Balaban J connectivity index is 1.98. The van der Waals surface area contributed by atoms with Gasteiger partial charge >= 0.3 is 5.97 Å². The molecule has 2 aromatic carbocycles. The third-order valence-corrected chi connectivity index (χ3v) is 4.66. The van der Waals surface area contributed by atoms with Gasteiger partial charge in [0.1, 0.15) is 0 Å². The van der Waals surface area contributed by atoms with E-state index < -0.39 is 5.97 Å². The van der Waals surface area contributed by atoms with Crippen LogP contribution in [-0.4, -0.2) is 22.7 Å². The summed E-state index contributed by atoms with van der Waals surface area (Å²) in [6.07, 6.45) is 1.54. The second-order valence-corrected chi connectivity index (χ2v) is 7.08. The molecule has 0 saturated heterocycles. The van der Waals surface area contributed by atoms with Gasteiger partial charge < -0.3 is 10.4 Å². The molecule has 0 fully saturated rings. The van der Waals surface area contributed by atoms with Crippen molar-refractivity contribution < 1.29 is 14.7 Å². The van der Waals surface area contributed by atoms with Gasteiger partial charge in [0, 0.05) is 15.2 Å². The first kappa shape index (κ1) is 18.6. The van der Waals surface area contributed by atoms with Crippen LogP contribution in [0.4, 0.5) is 5.69 Å². The SMILES string of the molecule is O=C(CSC(=Cc1ccc(Br)cc1)C(=O)O)Nc1ccc(Cl)cc1. The van der Waals surface area contributed by atoms with Crippen LogP contribution in [0.1, 0.15) is 5.56 Å². The Morgan fingerprint density at radius 2 is 1.75 bits per heavy atom. The minimum absolute atomic E-state index is 0.00269. The molecule has 24 heavy (non-hydrogen) atoms. The molecule has 0 aromatic heterocycles. The number of aliphatic carboxylic acids is 1. The van der Waals surface area contributed by atoms with Crippen molar-refractivity contribution in [3.05, 3.63) is 68.5 Å². The third kappa shape index (κ3) is 6.03. The molecule has 1 amide bonds. The van der Waals surface area contributed by atoms with Gasteiger partial charge in [-0.2, -0.15) is 0 Å². The summed E-state index contributed by atoms with van der Waals surface area (Å²) in [5.41, 5.74) is 1.36. The molecule has 0 unspecified atom stereocenters. The summed E-state index contributed by atoms with van der Waals surface area (Å²) in [5.74, 6) is -1.36. The van der Waals surface area contributed by atoms with Crippen molar-refractivity contribution in [2.75, 3.05) is 11.1 Å². The number of amides is 1. The summed E-state index contributed by atoms with van der Waals surface area (Å²) in [6, 6.07) is 13.9. The number of carboxylic acid groups (broad SMARTS) is 1. The Labute approximate surface area is 157 Å². The maximum Gasteiger partial charge on any atom is 0.342 e. The number of hydrogen-bond acceptors (Lipinski definition) is 3. The van der Waals surface area contributed by atoms with E-state index in [-0.39, 0.29) is 16.6 Å². The van der Waals surface area contributed by atoms with E-state index in [0.29, 0.717) is 10.7 Å². The summed E-state index contributed by atoms with van der Waals surface area (Å²) in [7, 11) is 0. The number of thioether (sulfide) groups is 1. The second-order valence-electron chi connectivity index (χ2n) is 4.71. The highest BCUT2D eigenvalue weighted by atomic mass is 79.9. The normalized spacial score (nSPS) is 11.2. The summed E-state index contributed by atoms with van der Waals surface area (Å²) < 4.78 is 0.909. The van der Waals surface area contributed by atoms with Gasteiger partial charge in [-0.05, 0) is 48.0 Å². The van der Waals surface area contributed by atoms with Crippen molar-refractivity contribution in [2.24, 2.45) is 0 Å². The monoisotopic (exact) mass is 425 g/mol. The van der Waals surface area contributed by atoms with E-state index in [9.17, 15) is 14.7 Å². The molecule has 0 radical (unpaired) electrons. The number of halogens is 2. The maximum absolute atomic E-state index is 11.9. The van der Waals surface area contributed by atoms with Crippen LogP contribution in [0.2, 0.25) is 5.02 Å². The van der Waals surface area contributed by atoms with E-state index in [1.54, 1.807) is 36.4 Å². The first-order valence-electron chi connectivity index (χ1n) is 6.83. The van der Waals surface area contributed by atoms with Crippen molar-refractivity contribution >= 4 is 62.9 Å². The molecule has 124 valence electrons. The van der Waals surface area contributed by atoms with Crippen molar-refractivity contribution in [3.8, 4) is 0 Å². The molecule has 0 bridgehead atoms. The van der Waals surface area contributed by atoms with Gasteiger partial charge in [-0.15, -0.1) is 11.8 Å². The molecule has 0 aliphatic carbocycles. The van der Waals surface area contributed by atoms with Gasteiger partial charge in [-0.1, -0.05) is 39.7 Å². The summed E-state index contributed by atoms with van der Waals surface area (Å²) in [5, 5.41) is 12.5. The lowest BCUT2D eigenvalue weighted by atomic mass is 10.2. The Morgan fingerprint density at radius 1 is 1.12 bits per heavy atom. The Hall–Kier alpha value is -1.76. The smallest absolute Gasteiger partial charge is 0.342 e. The molecule has 2 aromatic rings. The van der Waals surface area contributed by atoms with E-state index in [2.05, 4.69) is 21.2 Å². The van der Waals surface area contributed by atoms with Gasteiger partial charge in [0.25, 0.3) is 0 Å². The molecule has 2 rings (SSSR count). The van der Waals surface area contributed by atoms with Gasteiger partial charge in [0.2, 0.25) is 5.91 Å². The highest BCUT2D eigenvalue weighted by Gasteiger charge is 2.11. The predicted octanol–water partition coefficient (Wildman–Crippen LogP) is 4.90. The molecule has 0 aliphatic rings.